The molecule has 0 atom stereocenters. The van der Waals surface area contributed by atoms with Crippen LogP contribution in [0.15, 0.2) is 46.9 Å². The number of methoxy groups -OCH3 is 1. The van der Waals surface area contributed by atoms with E-state index in [1.807, 2.05) is 49.4 Å². The number of carbonyl (C=O) groups is 1. The number of ether oxygens (including phenoxy) is 1. The number of carbonyl (C=O) groups excluding carboxylic acids is 1. The third-order valence-electron chi connectivity index (χ3n) is 3.37. The number of halogens is 1. The molecule has 0 saturated heterocycles. The third kappa shape index (κ3) is 3.93. The van der Waals surface area contributed by atoms with E-state index in [-0.39, 0.29) is 5.91 Å². The molecule has 0 aliphatic carbocycles. The number of rotatable bonds is 5. The van der Waals surface area contributed by atoms with Crippen LogP contribution in [0.3, 0.4) is 0 Å². The molecule has 0 unspecified atom stereocenters. The Balaban J connectivity index is 2.09. The van der Waals surface area contributed by atoms with Crippen LogP contribution in [0.25, 0.3) is 0 Å². The van der Waals surface area contributed by atoms with Crippen molar-refractivity contribution in [3.63, 3.8) is 0 Å². The van der Waals surface area contributed by atoms with Gasteiger partial charge in [0.15, 0.2) is 0 Å². The molecule has 0 aliphatic heterocycles. The topological polar surface area (TPSA) is 38.3 Å². The van der Waals surface area contributed by atoms with Crippen LogP contribution in [0.1, 0.15) is 27.0 Å². The van der Waals surface area contributed by atoms with Gasteiger partial charge < -0.3 is 10.1 Å². The zero-order valence-corrected chi connectivity index (χ0v) is 13.7. The largest absolute Gasteiger partial charge is 0.380 e. The highest BCUT2D eigenvalue weighted by molar-refractivity contribution is 9.10. The molecule has 0 aliphatic rings. The molecular formula is C17H18BrNO2. The molecule has 0 fully saturated rings. The van der Waals surface area contributed by atoms with Gasteiger partial charge in [0, 0.05) is 23.7 Å². The average molecular weight is 348 g/mol. The summed E-state index contributed by atoms with van der Waals surface area (Å²) in [6.07, 6.45) is 0. The Bertz CT molecular complexity index is 640. The molecule has 2 aromatic rings. The number of benzene rings is 2. The Morgan fingerprint density at radius 2 is 1.86 bits per heavy atom. The predicted octanol–water partition coefficient (Wildman–Crippen LogP) is 3.83. The van der Waals surface area contributed by atoms with Crippen LogP contribution in [-0.2, 0) is 17.9 Å². The molecule has 0 spiro atoms. The van der Waals surface area contributed by atoms with Crippen molar-refractivity contribution in [1.82, 2.24) is 5.32 Å². The van der Waals surface area contributed by atoms with Crippen LogP contribution in [0, 0.1) is 6.92 Å². The molecule has 110 valence electrons. The zero-order valence-electron chi connectivity index (χ0n) is 12.2. The van der Waals surface area contributed by atoms with Crippen molar-refractivity contribution in [2.45, 2.75) is 20.1 Å². The van der Waals surface area contributed by atoms with E-state index in [0.29, 0.717) is 18.7 Å². The van der Waals surface area contributed by atoms with E-state index >= 15 is 0 Å². The van der Waals surface area contributed by atoms with Crippen molar-refractivity contribution in [3.05, 3.63) is 69.2 Å². The van der Waals surface area contributed by atoms with Crippen molar-refractivity contribution in [3.8, 4) is 0 Å². The molecule has 21 heavy (non-hydrogen) atoms. The van der Waals surface area contributed by atoms with Gasteiger partial charge in [-0.1, -0.05) is 46.3 Å². The summed E-state index contributed by atoms with van der Waals surface area (Å²) < 4.78 is 6.12. The van der Waals surface area contributed by atoms with E-state index in [2.05, 4.69) is 21.2 Å². The van der Waals surface area contributed by atoms with E-state index in [1.54, 1.807) is 7.11 Å². The van der Waals surface area contributed by atoms with E-state index in [1.165, 1.54) is 0 Å². The van der Waals surface area contributed by atoms with Gasteiger partial charge in [-0.2, -0.15) is 0 Å². The second-order valence-electron chi connectivity index (χ2n) is 4.80. The Hall–Kier alpha value is -1.65. The Labute approximate surface area is 133 Å². The number of nitrogens with one attached hydrogen (secondary N) is 1. The minimum Gasteiger partial charge on any atom is -0.380 e. The first-order valence-corrected chi connectivity index (χ1v) is 7.52. The molecule has 4 heteroatoms. The second-order valence-corrected chi connectivity index (χ2v) is 5.65. The molecule has 3 nitrogen and oxygen atoms in total. The number of amides is 1. The van der Waals surface area contributed by atoms with Gasteiger partial charge in [0.2, 0.25) is 0 Å². The summed E-state index contributed by atoms with van der Waals surface area (Å²) in [6.45, 7) is 2.96. The summed E-state index contributed by atoms with van der Waals surface area (Å²) in [5.41, 5.74) is 3.79. The van der Waals surface area contributed by atoms with Crippen molar-refractivity contribution < 1.29 is 9.53 Å². The summed E-state index contributed by atoms with van der Waals surface area (Å²) in [6, 6.07) is 13.6. The van der Waals surface area contributed by atoms with Gasteiger partial charge in [-0.3, -0.25) is 4.79 Å². The fourth-order valence-electron chi connectivity index (χ4n) is 2.15. The van der Waals surface area contributed by atoms with Crippen LogP contribution in [0.5, 0.6) is 0 Å². The van der Waals surface area contributed by atoms with Crippen LogP contribution < -0.4 is 5.32 Å². The molecule has 0 bridgehead atoms. The van der Waals surface area contributed by atoms with Crippen molar-refractivity contribution in [2.24, 2.45) is 0 Å². The van der Waals surface area contributed by atoms with Crippen molar-refractivity contribution in [2.75, 3.05) is 7.11 Å². The molecule has 0 aromatic heterocycles. The number of hydrogen-bond donors (Lipinski definition) is 1. The average Bonchev–Trinajstić information content (AvgIpc) is 2.49. The van der Waals surface area contributed by atoms with Gasteiger partial charge in [-0.15, -0.1) is 0 Å². The van der Waals surface area contributed by atoms with E-state index < -0.39 is 0 Å². The number of hydrogen-bond acceptors (Lipinski definition) is 2. The fourth-order valence-corrected chi connectivity index (χ4v) is 2.52. The third-order valence-corrected chi connectivity index (χ3v) is 4.23. The summed E-state index contributed by atoms with van der Waals surface area (Å²) in [4.78, 5) is 12.3. The van der Waals surface area contributed by atoms with E-state index in [4.69, 9.17) is 4.74 Å². The SMILES string of the molecule is COCc1ccccc1CNC(=O)c1cccc(Br)c1C. The molecular weight excluding hydrogens is 330 g/mol. The highest BCUT2D eigenvalue weighted by Crippen LogP contribution is 2.19. The summed E-state index contributed by atoms with van der Waals surface area (Å²) in [5, 5.41) is 2.97. The fraction of sp³-hybridized carbons (Fsp3) is 0.235. The first-order valence-electron chi connectivity index (χ1n) is 6.72. The van der Waals surface area contributed by atoms with Crippen LogP contribution in [0.2, 0.25) is 0 Å². The lowest BCUT2D eigenvalue weighted by Crippen LogP contribution is -2.24. The van der Waals surface area contributed by atoms with Crippen LogP contribution in [-0.4, -0.2) is 13.0 Å². The van der Waals surface area contributed by atoms with Crippen molar-refractivity contribution >= 4 is 21.8 Å². The highest BCUT2D eigenvalue weighted by Gasteiger charge is 2.11. The molecule has 0 saturated carbocycles. The quantitative estimate of drug-likeness (QED) is 0.892. The van der Waals surface area contributed by atoms with Crippen LogP contribution >= 0.6 is 15.9 Å². The maximum atomic E-state index is 12.3. The molecule has 0 radical (unpaired) electrons. The molecule has 1 N–H and O–H groups in total. The maximum absolute atomic E-state index is 12.3. The lowest BCUT2D eigenvalue weighted by atomic mass is 10.1. The zero-order chi connectivity index (χ0) is 15.2. The smallest absolute Gasteiger partial charge is 0.251 e. The van der Waals surface area contributed by atoms with Gasteiger partial charge >= 0.3 is 0 Å². The second kappa shape index (κ2) is 7.38. The van der Waals surface area contributed by atoms with Gasteiger partial charge in [-0.05, 0) is 35.7 Å². The Kier molecular flexibility index (Phi) is 5.53. The summed E-state index contributed by atoms with van der Waals surface area (Å²) >= 11 is 3.45. The minimum atomic E-state index is -0.0685. The normalized spacial score (nSPS) is 10.4. The predicted molar refractivity (Wildman–Crippen MR) is 87.2 cm³/mol. The van der Waals surface area contributed by atoms with E-state index in [9.17, 15) is 4.79 Å². The van der Waals surface area contributed by atoms with Crippen LogP contribution in [0.4, 0.5) is 0 Å². The van der Waals surface area contributed by atoms with Crippen molar-refractivity contribution in [1.29, 1.82) is 0 Å². The van der Waals surface area contributed by atoms with Gasteiger partial charge in [0.05, 0.1) is 6.61 Å². The lowest BCUT2D eigenvalue weighted by molar-refractivity contribution is 0.0949. The summed E-state index contributed by atoms with van der Waals surface area (Å²) in [7, 11) is 1.67. The first kappa shape index (κ1) is 15.7. The standard InChI is InChI=1S/C17H18BrNO2/c1-12-15(8-5-9-16(12)18)17(20)19-10-13-6-3-4-7-14(13)11-21-2/h3-9H,10-11H2,1-2H3,(H,19,20). The van der Waals surface area contributed by atoms with Gasteiger partial charge in [0.1, 0.15) is 0 Å². The molecule has 2 aromatic carbocycles. The maximum Gasteiger partial charge on any atom is 0.251 e. The Morgan fingerprint density at radius 1 is 1.14 bits per heavy atom. The lowest BCUT2D eigenvalue weighted by Gasteiger charge is -2.11. The highest BCUT2D eigenvalue weighted by atomic mass is 79.9. The van der Waals surface area contributed by atoms with Gasteiger partial charge in [-0.25, -0.2) is 0 Å². The summed E-state index contributed by atoms with van der Waals surface area (Å²) in [5.74, 6) is -0.0685. The monoisotopic (exact) mass is 347 g/mol. The molecule has 1 amide bonds. The molecule has 0 heterocycles. The van der Waals surface area contributed by atoms with E-state index in [0.717, 1.165) is 21.2 Å². The van der Waals surface area contributed by atoms with Gasteiger partial charge in [0.25, 0.3) is 5.91 Å². The first-order chi connectivity index (χ1) is 10.1. The Morgan fingerprint density at radius 3 is 2.57 bits per heavy atom. The minimum absolute atomic E-state index is 0.0685. The molecule has 2 rings (SSSR count).